The maximum Gasteiger partial charge on any atom is 0.326 e. The number of hydrogen-bond acceptors (Lipinski definition) is 4. The average Bonchev–Trinajstić information content (AvgIpc) is 2.66. The van der Waals surface area contributed by atoms with Crippen LogP contribution in [-0.4, -0.2) is 39.9 Å². The molecular weight excluding hydrogens is 374 g/mol. The van der Waals surface area contributed by atoms with E-state index in [1.165, 1.54) is 32.1 Å². The van der Waals surface area contributed by atoms with Crippen LogP contribution in [0.15, 0.2) is 0 Å². The highest BCUT2D eigenvalue weighted by molar-refractivity contribution is 5.99. The summed E-state index contributed by atoms with van der Waals surface area (Å²) in [4.78, 5) is 47.4. The van der Waals surface area contributed by atoms with E-state index < -0.39 is 42.0 Å². The quantitative estimate of drug-likeness (QED) is 0.589. The van der Waals surface area contributed by atoms with Gasteiger partial charge in [-0.25, -0.2) is 4.79 Å². The summed E-state index contributed by atoms with van der Waals surface area (Å²) in [7, 11) is 0. The van der Waals surface area contributed by atoms with Crippen LogP contribution in [-0.2, 0) is 19.2 Å². The van der Waals surface area contributed by atoms with Crippen LogP contribution < -0.4 is 5.32 Å². The molecule has 29 heavy (non-hydrogen) atoms. The molecule has 0 bridgehead atoms. The van der Waals surface area contributed by atoms with Gasteiger partial charge in [0.2, 0.25) is 5.91 Å². The highest BCUT2D eigenvalue weighted by Gasteiger charge is 2.32. The van der Waals surface area contributed by atoms with Crippen LogP contribution in [0, 0.1) is 5.92 Å². The van der Waals surface area contributed by atoms with Crippen molar-refractivity contribution >= 4 is 23.6 Å². The predicted octanol–water partition coefficient (Wildman–Crippen LogP) is 4.08. The van der Waals surface area contributed by atoms with Gasteiger partial charge in [0.15, 0.2) is 0 Å². The van der Waals surface area contributed by atoms with Gasteiger partial charge in [-0.3, -0.25) is 14.4 Å². The first-order valence-corrected chi connectivity index (χ1v) is 11.2. The first kappa shape index (κ1) is 25.1. The normalized spacial score (nSPS) is 25.4. The number of Topliss-reactive ketones (excluding diaryl/α,β-unsaturated/α-hetero) is 1. The Bertz CT molecular complexity index is 533. The molecule has 1 unspecified atom stereocenters. The third-order valence-corrected chi connectivity index (χ3v) is 5.62. The molecule has 2 atom stereocenters. The van der Waals surface area contributed by atoms with E-state index in [-0.39, 0.29) is 12.8 Å². The molecule has 1 amide bonds. The smallest absolute Gasteiger partial charge is 0.326 e. The Morgan fingerprint density at radius 3 is 1.48 bits per heavy atom. The summed E-state index contributed by atoms with van der Waals surface area (Å²) in [6.07, 6.45) is 13.5. The second kappa shape index (κ2) is 15.0. The van der Waals surface area contributed by atoms with E-state index in [4.69, 9.17) is 0 Å². The Labute approximate surface area is 173 Å². The monoisotopic (exact) mass is 411 g/mol. The molecule has 3 N–H and O–H groups in total. The van der Waals surface area contributed by atoms with Crippen LogP contribution in [0.3, 0.4) is 0 Å². The van der Waals surface area contributed by atoms with Crippen molar-refractivity contribution in [2.75, 3.05) is 0 Å². The molecule has 0 radical (unpaired) electrons. The first-order valence-electron chi connectivity index (χ1n) is 11.2. The molecule has 1 heterocycles. The fourth-order valence-electron chi connectivity index (χ4n) is 3.80. The van der Waals surface area contributed by atoms with E-state index in [1.54, 1.807) is 0 Å². The Morgan fingerprint density at radius 1 is 0.655 bits per heavy atom. The molecule has 0 saturated carbocycles. The van der Waals surface area contributed by atoms with E-state index >= 15 is 0 Å². The topological polar surface area (TPSA) is 121 Å². The largest absolute Gasteiger partial charge is 0.481 e. The average molecular weight is 412 g/mol. The van der Waals surface area contributed by atoms with Gasteiger partial charge in [-0.15, -0.1) is 0 Å². The van der Waals surface area contributed by atoms with Gasteiger partial charge in [0.05, 0.1) is 0 Å². The third kappa shape index (κ3) is 11.6. The Hall–Kier alpha value is -1.92. The SMILES string of the molecule is O=C1CCCCCCCCCCCCCCCC(=O)C(C(=O)O)C[C@@H](C(=O)O)N1. The Kier molecular flexibility index (Phi) is 13.0. The van der Waals surface area contributed by atoms with Crippen LogP contribution in [0.4, 0.5) is 0 Å². The number of carbonyl (C=O) groups excluding carboxylic acids is 2. The molecule has 1 fully saturated rings. The minimum atomic E-state index is -1.40. The van der Waals surface area contributed by atoms with E-state index in [0.717, 1.165) is 38.5 Å². The van der Waals surface area contributed by atoms with Gasteiger partial charge in [0.25, 0.3) is 0 Å². The van der Waals surface area contributed by atoms with Gasteiger partial charge in [-0.1, -0.05) is 70.6 Å². The second-order valence-corrected chi connectivity index (χ2v) is 8.15. The zero-order chi connectivity index (χ0) is 21.5. The van der Waals surface area contributed by atoms with Gasteiger partial charge in [-0.05, 0) is 19.3 Å². The molecule has 1 saturated heterocycles. The zero-order valence-electron chi connectivity index (χ0n) is 17.5. The van der Waals surface area contributed by atoms with E-state index in [2.05, 4.69) is 5.32 Å². The van der Waals surface area contributed by atoms with Gasteiger partial charge >= 0.3 is 11.9 Å². The first-order chi connectivity index (χ1) is 13.9. The van der Waals surface area contributed by atoms with Crippen molar-refractivity contribution in [3.8, 4) is 0 Å². The molecule has 0 aromatic carbocycles. The van der Waals surface area contributed by atoms with Gasteiger partial charge in [0.1, 0.15) is 17.7 Å². The summed E-state index contributed by atoms with van der Waals surface area (Å²) in [5, 5.41) is 21.2. The van der Waals surface area contributed by atoms with Crippen molar-refractivity contribution in [1.82, 2.24) is 5.32 Å². The fourth-order valence-corrected chi connectivity index (χ4v) is 3.80. The molecule has 1 aliphatic heterocycles. The maximum absolute atomic E-state index is 12.3. The lowest BCUT2D eigenvalue weighted by Crippen LogP contribution is -2.44. The lowest BCUT2D eigenvalue weighted by Gasteiger charge is -2.18. The van der Waals surface area contributed by atoms with Crippen molar-refractivity contribution in [3.05, 3.63) is 0 Å². The van der Waals surface area contributed by atoms with Gasteiger partial charge < -0.3 is 15.5 Å². The summed E-state index contributed by atoms with van der Waals surface area (Å²) in [6.45, 7) is 0. The highest BCUT2D eigenvalue weighted by atomic mass is 16.4. The van der Waals surface area contributed by atoms with Crippen molar-refractivity contribution < 1.29 is 29.4 Å². The number of hydrogen-bond donors (Lipinski definition) is 3. The van der Waals surface area contributed by atoms with Crippen molar-refractivity contribution in [2.24, 2.45) is 5.92 Å². The number of carboxylic acid groups (broad SMARTS) is 2. The molecule has 0 aromatic rings. The van der Waals surface area contributed by atoms with Crippen molar-refractivity contribution in [1.29, 1.82) is 0 Å². The summed E-state index contributed by atoms with van der Waals surface area (Å²) >= 11 is 0. The van der Waals surface area contributed by atoms with Crippen LogP contribution in [0.25, 0.3) is 0 Å². The van der Waals surface area contributed by atoms with E-state index in [1.807, 2.05) is 0 Å². The zero-order valence-corrected chi connectivity index (χ0v) is 17.5. The number of nitrogens with one attached hydrogen (secondary N) is 1. The number of carboxylic acids is 2. The minimum absolute atomic E-state index is 0.136. The molecule has 1 aliphatic rings. The molecule has 0 spiro atoms. The Morgan fingerprint density at radius 2 is 1.07 bits per heavy atom. The maximum atomic E-state index is 12.3. The van der Waals surface area contributed by atoms with E-state index in [0.29, 0.717) is 12.8 Å². The second-order valence-electron chi connectivity index (χ2n) is 8.15. The van der Waals surface area contributed by atoms with Crippen LogP contribution >= 0.6 is 0 Å². The minimum Gasteiger partial charge on any atom is -0.481 e. The number of aliphatic carboxylic acids is 2. The Balaban J connectivity index is 2.67. The number of ketones is 1. The molecule has 7 heteroatoms. The number of amides is 1. The number of rotatable bonds is 2. The fraction of sp³-hybridized carbons (Fsp3) is 0.818. The van der Waals surface area contributed by atoms with Crippen LogP contribution in [0.5, 0.6) is 0 Å². The molecule has 0 aromatic heterocycles. The van der Waals surface area contributed by atoms with Crippen LogP contribution in [0.2, 0.25) is 0 Å². The molecule has 0 aliphatic carbocycles. The predicted molar refractivity (Wildman–Crippen MR) is 110 cm³/mol. The number of carbonyl (C=O) groups is 4. The molecule has 7 nitrogen and oxygen atoms in total. The van der Waals surface area contributed by atoms with Crippen molar-refractivity contribution in [2.45, 2.75) is 109 Å². The molecule has 166 valence electrons. The lowest BCUT2D eigenvalue weighted by atomic mass is 9.92. The van der Waals surface area contributed by atoms with Gasteiger partial charge in [-0.2, -0.15) is 0 Å². The third-order valence-electron chi connectivity index (χ3n) is 5.62. The summed E-state index contributed by atoms with van der Waals surface area (Å²) in [5.41, 5.74) is 0. The molecule has 1 rings (SSSR count). The standard InChI is InChI=1S/C22H37NO6/c24-19-14-12-10-8-6-4-2-1-3-5-7-9-11-13-15-20(25)23-18(22(28)29)16-17(19)21(26)27/h17-18H,1-16H2,(H,23,25)(H,26,27)(H,28,29)/t17?,18-/m0/s1. The van der Waals surface area contributed by atoms with Gasteiger partial charge in [0, 0.05) is 12.8 Å². The van der Waals surface area contributed by atoms with Crippen molar-refractivity contribution in [3.63, 3.8) is 0 Å². The summed E-state index contributed by atoms with van der Waals surface area (Å²) < 4.78 is 0. The summed E-state index contributed by atoms with van der Waals surface area (Å²) in [5.74, 6) is -4.89. The van der Waals surface area contributed by atoms with Crippen LogP contribution in [0.1, 0.15) is 103 Å². The lowest BCUT2D eigenvalue weighted by molar-refractivity contribution is -0.149. The summed E-state index contributed by atoms with van der Waals surface area (Å²) in [6, 6.07) is -1.36. The molecular formula is C22H37NO6. The van der Waals surface area contributed by atoms with E-state index in [9.17, 15) is 29.4 Å². The highest BCUT2D eigenvalue weighted by Crippen LogP contribution is 2.17.